The molecule has 2 saturated heterocycles. The van der Waals surface area contributed by atoms with Crippen molar-refractivity contribution in [3.63, 3.8) is 0 Å². The average Bonchev–Trinajstić information content (AvgIpc) is 2.79. The van der Waals surface area contributed by atoms with E-state index in [4.69, 9.17) is 0 Å². The van der Waals surface area contributed by atoms with Crippen molar-refractivity contribution in [3.8, 4) is 0 Å². The SMILES string of the molecule is CC1CC(C)CN(S(=O)(=O)N(C)C2CCNC2)C1.Cl. The van der Waals surface area contributed by atoms with Crippen molar-refractivity contribution in [1.82, 2.24) is 13.9 Å². The van der Waals surface area contributed by atoms with Gasteiger partial charge < -0.3 is 5.32 Å². The van der Waals surface area contributed by atoms with Crippen molar-refractivity contribution in [1.29, 1.82) is 0 Å². The molecule has 114 valence electrons. The summed E-state index contributed by atoms with van der Waals surface area (Å²) in [5.41, 5.74) is 0. The minimum Gasteiger partial charge on any atom is -0.315 e. The first-order valence-electron chi connectivity index (χ1n) is 6.85. The van der Waals surface area contributed by atoms with E-state index in [1.54, 1.807) is 15.7 Å². The zero-order valence-electron chi connectivity index (χ0n) is 12.0. The summed E-state index contributed by atoms with van der Waals surface area (Å²) in [4.78, 5) is 0. The Hall–Kier alpha value is 0.120. The molecule has 0 aromatic heterocycles. The fourth-order valence-corrected chi connectivity index (χ4v) is 4.92. The van der Waals surface area contributed by atoms with E-state index in [2.05, 4.69) is 19.2 Å². The summed E-state index contributed by atoms with van der Waals surface area (Å²) in [6.07, 6.45) is 2.04. The monoisotopic (exact) mass is 311 g/mol. The quantitative estimate of drug-likeness (QED) is 0.843. The minimum atomic E-state index is -3.28. The van der Waals surface area contributed by atoms with Gasteiger partial charge in [-0.15, -0.1) is 12.4 Å². The molecule has 0 spiro atoms. The molecule has 2 heterocycles. The van der Waals surface area contributed by atoms with Crippen molar-refractivity contribution < 1.29 is 8.42 Å². The van der Waals surface area contributed by atoms with E-state index >= 15 is 0 Å². The molecule has 0 bridgehead atoms. The number of nitrogens with zero attached hydrogens (tertiary/aromatic N) is 2. The molecule has 0 saturated carbocycles. The van der Waals surface area contributed by atoms with Crippen LogP contribution in [0.3, 0.4) is 0 Å². The zero-order chi connectivity index (χ0) is 13.3. The van der Waals surface area contributed by atoms with E-state index < -0.39 is 10.2 Å². The van der Waals surface area contributed by atoms with Crippen LogP contribution in [0.5, 0.6) is 0 Å². The Balaban J connectivity index is 0.00000180. The van der Waals surface area contributed by atoms with Crippen LogP contribution in [-0.4, -0.2) is 56.3 Å². The highest BCUT2D eigenvalue weighted by atomic mass is 35.5. The van der Waals surface area contributed by atoms with E-state index in [9.17, 15) is 8.42 Å². The summed E-state index contributed by atoms with van der Waals surface area (Å²) in [7, 11) is -1.57. The minimum absolute atomic E-state index is 0. The molecule has 1 N–H and O–H groups in total. The molecule has 7 heteroatoms. The van der Waals surface area contributed by atoms with E-state index in [0.29, 0.717) is 24.9 Å². The second-order valence-electron chi connectivity index (χ2n) is 5.93. The molecule has 2 aliphatic rings. The van der Waals surface area contributed by atoms with Crippen LogP contribution >= 0.6 is 12.4 Å². The molecule has 0 radical (unpaired) electrons. The third-order valence-electron chi connectivity index (χ3n) is 4.07. The lowest BCUT2D eigenvalue weighted by molar-refractivity contribution is 0.207. The molecule has 0 aromatic carbocycles. The molecule has 0 amide bonds. The summed E-state index contributed by atoms with van der Waals surface area (Å²) in [6.45, 7) is 7.28. The second-order valence-corrected chi connectivity index (χ2v) is 7.92. The van der Waals surface area contributed by atoms with Crippen molar-refractivity contribution >= 4 is 22.6 Å². The fraction of sp³-hybridized carbons (Fsp3) is 1.00. The van der Waals surface area contributed by atoms with E-state index in [-0.39, 0.29) is 18.4 Å². The van der Waals surface area contributed by atoms with Gasteiger partial charge in [0.25, 0.3) is 10.2 Å². The van der Waals surface area contributed by atoms with Gasteiger partial charge in [0.15, 0.2) is 0 Å². The summed E-state index contributed by atoms with van der Waals surface area (Å²) in [5.74, 6) is 0.914. The first kappa shape index (κ1) is 17.2. The highest BCUT2D eigenvalue weighted by Crippen LogP contribution is 2.25. The predicted molar refractivity (Wildman–Crippen MR) is 79.7 cm³/mol. The van der Waals surface area contributed by atoms with Crippen molar-refractivity contribution in [2.24, 2.45) is 11.8 Å². The molecule has 3 unspecified atom stereocenters. The van der Waals surface area contributed by atoms with Crippen LogP contribution in [0.15, 0.2) is 0 Å². The van der Waals surface area contributed by atoms with Crippen LogP contribution in [0.2, 0.25) is 0 Å². The van der Waals surface area contributed by atoms with Crippen LogP contribution in [-0.2, 0) is 10.2 Å². The fourth-order valence-electron chi connectivity index (χ4n) is 3.11. The molecular weight excluding hydrogens is 286 g/mol. The largest absolute Gasteiger partial charge is 0.315 e. The van der Waals surface area contributed by atoms with Gasteiger partial charge in [0.05, 0.1) is 0 Å². The molecule has 2 aliphatic heterocycles. The van der Waals surface area contributed by atoms with Crippen LogP contribution in [0, 0.1) is 11.8 Å². The highest BCUT2D eigenvalue weighted by Gasteiger charge is 2.36. The second kappa shape index (κ2) is 6.72. The Kier molecular flexibility index (Phi) is 6.07. The first-order valence-corrected chi connectivity index (χ1v) is 8.24. The molecule has 2 fully saturated rings. The molecule has 0 aromatic rings. The van der Waals surface area contributed by atoms with Crippen LogP contribution in [0.4, 0.5) is 0 Å². The first-order chi connectivity index (χ1) is 8.41. The molecule has 0 aliphatic carbocycles. The Morgan fingerprint density at radius 1 is 1.21 bits per heavy atom. The van der Waals surface area contributed by atoms with Gasteiger partial charge >= 0.3 is 0 Å². The summed E-state index contributed by atoms with van der Waals surface area (Å²) >= 11 is 0. The van der Waals surface area contributed by atoms with Gasteiger partial charge in [-0.05, 0) is 31.2 Å². The van der Waals surface area contributed by atoms with Gasteiger partial charge in [0.2, 0.25) is 0 Å². The van der Waals surface area contributed by atoms with Crippen LogP contribution in [0.25, 0.3) is 0 Å². The Morgan fingerprint density at radius 3 is 2.26 bits per heavy atom. The summed E-state index contributed by atoms with van der Waals surface area (Å²) in [5, 5.41) is 3.22. The lowest BCUT2D eigenvalue weighted by Crippen LogP contribution is -2.51. The lowest BCUT2D eigenvalue weighted by atomic mass is 9.94. The average molecular weight is 312 g/mol. The third-order valence-corrected chi connectivity index (χ3v) is 6.05. The maximum atomic E-state index is 12.6. The normalized spacial score (nSPS) is 33.4. The van der Waals surface area contributed by atoms with Crippen molar-refractivity contribution in [2.45, 2.75) is 32.7 Å². The predicted octanol–water partition coefficient (Wildman–Crippen LogP) is 0.925. The Morgan fingerprint density at radius 2 is 1.79 bits per heavy atom. The van der Waals surface area contributed by atoms with Gasteiger partial charge in [0.1, 0.15) is 0 Å². The molecule has 5 nitrogen and oxygen atoms in total. The van der Waals surface area contributed by atoms with Gasteiger partial charge in [-0.2, -0.15) is 17.0 Å². The molecule has 3 atom stereocenters. The zero-order valence-corrected chi connectivity index (χ0v) is 13.6. The molecular formula is C12H26ClN3O2S. The van der Waals surface area contributed by atoms with E-state index in [1.165, 1.54) is 0 Å². The lowest BCUT2D eigenvalue weighted by Gasteiger charge is -2.37. The number of nitrogens with one attached hydrogen (secondary N) is 1. The van der Waals surface area contributed by atoms with Gasteiger partial charge in [-0.25, -0.2) is 0 Å². The standard InChI is InChI=1S/C12H25N3O2S.ClH/c1-10-6-11(2)9-15(8-10)18(16,17)14(3)12-4-5-13-7-12;/h10-13H,4-9H2,1-3H3;1H. The summed E-state index contributed by atoms with van der Waals surface area (Å²) < 4.78 is 28.4. The third kappa shape index (κ3) is 3.82. The van der Waals surface area contributed by atoms with E-state index in [1.807, 2.05) is 0 Å². The molecule has 2 rings (SSSR count). The number of hydrogen-bond acceptors (Lipinski definition) is 3. The van der Waals surface area contributed by atoms with Crippen LogP contribution < -0.4 is 5.32 Å². The van der Waals surface area contributed by atoms with Crippen molar-refractivity contribution in [3.05, 3.63) is 0 Å². The number of halogens is 1. The van der Waals surface area contributed by atoms with Gasteiger partial charge in [0, 0.05) is 32.7 Å². The number of hydrogen-bond donors (Lipinski definition) is 1. The maximum Gasteiger partial charge on any atom is 0.282 e. The summed E-state index contributed by atoms with van der Waals surface area (Å²) in [6, 6.07) is 0.113. The van der Waals surface area contributed by atoms with E-state index in [0.717, 1.165) is 25.9 Å². The Labute approximate surface area is 123 Å². The van der Waals surface area contributed by atoms with Gasteiger partial charge in [-0.3, -0.25) is 0 Å². The van der Waals surface area contributed by atoms with Crippen molar-refractivity contribution in [2.75, 3.05) is 33.2 Å². The number of rotatable bonds is 3. The smallest absolute Gasteiger partial charge is 0.282 e. The number of likely N-dealkylation sites (N-methyl/N-ethyl adjacent to an activating group) is 1. The highest BCUT2D eigenvalue weighted by molar-refractivity contribution is 7.86. The van der Waals surface area contributed by atoms with Crippen LogP contribution in [0.1, 0.15) is 26.7 Å². The Bertz CT molecular complexity index is 374. The maximum absolute atomic E-state index is 12.6. The number of piperidine rings is 1. The molecule has 19 heavy (non-hydrogen) atoms. The van der Waals surface area contributed by atoms with Gasteiger partial charge in [-0.1, -0.05) is 13.8 Å². The topological polar surface area (TPSA) is 52.7 Å².